The molecule has 0 aromatic carbocycles. The van der Waals surface area contributed by atoms with Gasteiger partial charge >= 0.3 is 0 Å². The van der Waals surface area contributed by atoms with Gasteiger partial charge in [0, 0.05) is 17.3 Å². The van der Waals surface area contributed by atoms with Crippen molar-refractivity contribution in [2.45, 2.75) is 45.1 Å². The lowest BCUT2D eigenvalue weighted by molar-refractivity contribution is 0.102. The zero-order chi connectivity index (χ0) is 17.6. The number of H-pyrrole nitrogens is 1. The fraction of sp³-hybridized carbons (Fsp3) is 0.562. The third-order valence-electron chi connectivity index (χ3n) is 4.93. The van der Waals surface area contributed by atoms with Gasteiger partial charge in [-0.2, -0.15) is 10.2 Å². The number of amides is 1. The van der Waals surface area contributed by atoms with Crippen molar-refractivity contribution in [3.8, 4) is 0 Å². The molecule has 8 nitrogen and oxygen atoms in total. The average Bonchev–Trinajstić information content (AvgIpc) is 3.24. The molecular formula is C16H21N5O3S. The maximum absolute atomic E-state index is 12.7. The lowest BCUT2D eigenvalue weighted by Crippen LogP contribution is -2.21. The van der Waals surface area contributed by atoms with Gasteiger partial charge in [-0.1, -0.05) is 0 Å². The Bertz CT molecular complexity index is 928. The van der Waals surface area contributed by atoms with Gasteiger partial charge in [0.25, 0.3) is 5.91 Å². The summed E-state index contributed by atoms with van der Waals surface area (Å²) < 4.78 is 25.2. The van der Waals surface area contributed by atoms with Gasteiger partial charge in [-0.25, -0.2) is 13.1 Å². The fourth-order valence-electron chi connectivity index (χ4n) is 3.70. The van der Waals surface area contributed by atoms with E-state index in [0.29, 0.717) is 17.9 Å². The first kappa shape index (κ1) is 16.3. The number of sulfone groups is 1. The summed E-state index contributed by atoms with van der Waals surface area (Å²) in [5, 5.41) is 14.4. The summed E-state index contributed by atoms with van der Waals surface area (Å²) in [5.74, 6) is 0.476. The number of hydrogen-bond acceptors (Lipinski definition) is 5. The Morgan fingerprint density at radius 3 is 2.92 bits per heavy atom. The largest absolute Gasteiger partial charge is 0.305 e. The lowest BCUT2D eigenvalue weighted by atomic mass is 9.96. The fourth-order valence-corrected chi connectivity index (χ4v) is 5.39. The number of rotatable bonds is 3. The molecule has 1 unspecified atom stereocenters. The molecule has 0 bridgehead atoms. The minimum atomic E-state index is -3.03. The molecule has 134 valence electrons. The molecule has 0 spiro atoms. The predicted octanol–water partition coefficient (Wildman–Crippen LogP) is 1.41. The first-order valence-corrected chi connectivity index (χ1v) is 10.4. The molecule has 1 amide bonds. The van der Waals surface area contributed by atoms with Crippen LogP contribution in [0.25, 0.3) is 0 Å². The van der Waals surface area contributed by atoms with Crippen LogP contribution in [0, 0.1) is 6.92 Å². The zero-order valence-corrected chi connectivity index (χ0v) is 14.9. The van der Waals surface area contributed by atoms with Crippen LogP contribution in [-0.4, -0.2) is 45.8 Å². The van der Waals surface area contributed by atoms with Gasteiger partial charge in [-0.3, -0.25) is 9.89 Å². The van der Waals surface area contributed by atoms with E-state index >= 15 is 0 Å². The Morgan fingerprint density at radius 1 is 1.36 bits per heavy atom. The Labute approximate surface area is 145 Å². The molecule has 2 aromatic heterocycles. The zero-order valence-electron chi connectivity index (χ0n) is 14.1. The molecule has 25 heavy (non-hydrogen) atoms. The third kappa shape index (κ3) is 3.08. The van der Waals surface area contributed by atoms with Crippen molar-refractivity contribution >= 4 is 21.6 Å². The van der Waals surface area contributed by atoms with Crippen molar-refractivity contribution in [3.05, 3.63) is 28.7 Å². The summed E-state index contributed by atoms with van der Waals surface area (Å²) >= 11 is 0. The average molecular weight is 363 g/mol. The maximum atomic E-state index is 12.7. The van der Waals surface area contributed by atoms with E-state index in [1.54, 1.807) is 10.7 Å². The number of aromatic amines is 1. The summed E-state index contributed by atoms with van der Waals surface area (Å²) in [4.78, 5) is 12.7. The van der Waals surface area contributed by atoms with Crippen LogP contribution in [0.1, 0.15) is 52.7 Å². The molecule has 2 N–H and O–H groups in total. The highest BCUT2D eigenvalue weighted by molar-refractivity contribution is 7.91. The highest BCUT2D eigenvalue weighted by atomic mass is 32.2. The van der Waals surface area contributed by atoms with Crippen LogP contribution in [0.3, 0.4) is 0 Å². The topological polar surface area (TPSA) is 110 Å². The number of anilines is 1. The van der Waals surface area contributed by atoms with E-state index in [2.05, 4.69) is 20.6 Å². The first-order valence-electron chi connectivity index (χ1n) is 8.57. The van der Waals surface area contributed by atoms with E-state index < -0.39 is 9.84 Å². The van der Waals surface area contributed by atoms with Crippen LogP contribution < -0.4 is 5.32 Å². The van der Waals surface area contributed by atoms with Crippen molar-refractivity contribution in [1.82, 2.24) is 20.0 Å². The number of aromatic nitrogens is 4. The van der Waals surface area contributed by atoms with Gasteiger partial charge in [-0.05, 0) is 39.0 Å². The van der Waals surface area contributed by atoms with Crippen molar-refractivity contribution in [2.75, 3.05) is 16.8 Å². The van der Waals surface area contributed by atoms with E-state index in [1.807, 2.05) is 6.92 Å². The number of aryl methyl sites for hydroxylation is 2. The monoisotopic (exact) mass is 363 g/mol. The maximum Gasteiger partial charge on any atom is 0.277 e. The van der Waals surface area contributed by atoms with Crippen molar-refractivity contribution in [2.24, 2.45) is 0 Å². The van der Waals surface area contributed by atoms with E-state index in [1.165, 1.54) is 0 Å². The second-order valence-corrected chi connectivity index (χ2v) is 9.09. The Hall–Kier alpha value is -2.16. The molecule has 1 atom stereocenters. The van der Waals surface area contributed by atoms with Gasteiger partial charge in [0.2, 0.25) is 0 Å². The molecule has 2 aromatic rings. The molecule has 1 saturated heterocycles. The highest BCUT2D eigenvalue weighted by Gasteiger charge is 2.32. The minimum Gasteiger partial charge on any atom is -0.305 e. The number of fused-ring (bicyclic) bond motifs is 1. The van der Waals surface area contributed by atoms with Crippen LogP contribution in [0.5, 0.6) is 0 Å². The van der Waals surface area contributed by atoms with E-state index in [-0.39, 0.29) is 23.5 Å². The molecular weight excluding hydrogens is 342 g/mol. The molecule has 1 aliphatic heterocycles. The van der Waals surface area contributed by atoms with Crippen molar-refractivity contribution < 1.29 is 13.2 Å². The Kier molecular flexibility index (Phi) is 3.90. The van der Waals surface area contributed by atoms with Crippen molar-refractivity contribution in [3.63, 3.8) is 0 Å². The SMILES string of the molecule is Cc1cc(NC(=O)c2n[nH]c3c2CCCC3)n(C2CCS(=O)(=O)C2)n1. The highest BCUT2D eigenvalue weighted by Crippen LogP contribution is 2.28. The summed E-state index contributed by atoms with van der Waals surface area (Å²) in [7, 11) is -3.03. The molecule has 9 heteroatoms. The molecule has 4 rings (SSSR count). The smallest absolute Gasteiger partial charge is 0.277 e. The Morgan fingerprint density at radius 2 is 2.16 bits per heavy atom. The van der Waals surface area contributed by atoms with Gasteiger partial charge in [0.15, 0.2) is 15.5 Å². The Balaban J connectivity index is 1.59. The lowest BCUT2D eigenvalue weighted by Gasteiger charge is -2.14. The standard InChI is InChI=1S/C16H21N5O3S/c1-10-8-14(21(20-10)11-6-7-25(23,24)9-11)17-16(22)15-12-4-2-3-5-13(12)18-19-15/h8,11H,2-7,9H2,1H3,(H,17,22)(H,18,19). The second kappa shape index (κ2) is 5.98. The van der Waals surface area contributed by atoms with Gasteiger partial charge < -0.3 is 5.32 Å². The van der Waals surface area contributed by atoms with Crippen LogP contribution in [0.15, 0.2) is 6.07 Å². The first-order chi connectivity index (χ1) is 11.9. The molecule has 1 aliphatic carbocycles. The van der Waals surface area contributed by atoms with Crippen LogP contribution in [0.4, 0.5) is 5.82 Å². The third-order valence-corrected chi connectivity index (χ3v) is 6.68. The van der Waals surface area contributed by atoms with Crippen molar-refractivity contribution in [1.29, 1.82) is 0 Å². The number of carbonyl (C=O) groups excluding carboxylic acids is 1. The quantitative estimate of drug-likeness (QED) is 0.857. The molecule has 1 fully saturated rings. The molecule has 3 heterocycles. The number of hydrogen-bond donors (Lipinski definition) is 2. The van der Waals surface area contributed by atoms with Crippen LogP contribution in [-0.2, 0) is 22.7 Å². The summed E-state index contributed by atoms with van der Waals surface area (Å²) in [6.07, 6.45) is 4.46. The number of nitrogens with zero attached hydrogens (tertiary/aromatic N) is 3. The number of nitrogens with one attached hydrogen (secondary N) is 2. The van der Waals surface area contributed by atoms with Gasteiger partial charge in [-0.15, -0.1) is 0 Å². The van der Waals surface area contributed by atoms with Crippen LogP contribution in [0.2, 0.25) is 0 Å². The van der Waals surface area contributed by atoms with Gasteiger partial charge in [0.1, 0.15) is 5.82 Å². The summed E-state index contributed by atoms with van der Waals surface area (Å²) in [6, 6.07) is 1.53. The molecule has 0 saturated carbocycles. The molecule has 2 aliphatic rings. The normalized spacial score (nSPS) is 21.9. The molecule has 0 radical (unpaired) electrons. The number of carbonyl (C=O) groups is 1. The van der Waals surface area contributed by atoms with Gasteiger partial charge in [0.05, 0.1) is 23.2 Å². The summed E-state index contributed by atoms with van der Waals surface area (Å²) in [6.45, 7) is 1.83. The predicted molar refractivity (Wildman–Crippen MR) is 92.5 cm³/mol. The van der Waals surface area contributed by atoms with E-state index in [0.717, 1.165) is 42.6 Å². The van der Waals surface area contributed by atoms with E-state index in [9.17, 15) is 13.2 Å². The van der Waals surface area contributed by atoms with E-state index in [4.69, 9.17) is 0 Å². The minimum absolute atomic E-state index is 0.0643. The summed E-state index contributed by atoms with van der Waals surface area (Å²) in [5.41, 5.74) is 3.21. The second-order valence-electron chi connectivity index (χ2n) is 6.86. The van der Waals surface area contributed by atoms with Crippen LogP contribution >= 0.6 is 0 Å².